The third-order valence-corrected chi connectivity index (χ3v) is 5.18. The zero-order chi connectivity index (χ0) is 18.6. The number of rotatable bonds is 6. The molecular weight excluding hydrogens is 342 g/mol. The lowest BCUT2D eigenvalue weighted by Gasteiger charge is -2.33. The molecule has 1 aromatic carbocycles. The van der Waals surface area contributed by atoms with Gasteiger partial charge in [0.2, 0.25) is 0 Å². The van der Waals surface area contributed by atoms with Gasteiger partial charge in [0.25, 0.3) is 5.78 Å². The molecule has 0 bridgehead atoms. The summed E-state index contributed by atoms with van der Waals surface area (Å²) in [5.74, 6) is 3.28. The van der Waals surface area contributed by atoms with Crippen LogP contribution in [0.15, 0.2) is 36.7 Å². The number of nitrogens with zero attached hydrogens (tertiary/aromatic N) is 5. The minimum absolute atomic E-state index is 0.475. The van der Waals surface area contributed by atoms with Crippen molar-refractivity contribution in [1.29, 1.82) is 0 Å². The molecule has 0 N–H and O–H groups in total. The molecule has 3 aromatic rings. The predicted molar refractivity (Wildman–Crippen MR) is 103 cm³/mol. The fourth-order valence-corrected chi connectivity index (χ4v) is 3.79. The zero-order valence-electron chi connectivity index (χ0n) is 15.8. The number of methoxy groups -OCH3 is 2. The Balaban J connectivity index is 1.46. The van der Waals surface area contributed by atoms with Gasteiger partial charge in [0.1, 0.15) is 17.9 Å². The van der Waals surface area contributed by atoms with Gasteiger partial charge in [-0.05, 0) is 42.9 Å². The molecule has 0 amide bonds. The largest absolute Gasteiger partial charge is 0.497 e. The minimum Gasteiger partial charge on any atom is -0.497 e. The Kier molecular flexibility index (Phi) is 5.20. The summed E-state index contributed by atoms with van der Waals surface area (Å²) in [7, 11) is 3.40. The molecule has 3 heterocycles. The van der Waals surface area contributed by atoms with E-state index in [4.69, 9.17) is 9.47 Å². The molecule has 0 atom stereocenters. The highest BCUT2D eigenvalue weighted by Gasteiger charge is 2.22. The van der Waals surface area contributed by atoms with Crippen LogP contribution in [0.3, 0.4) is 0 Å². The maximum atomic E-state index is 5.34. The molecule has 2 aromatic heterocycles. The molecule has 27 heavy (non-hydrogen) atoms. The molecule has 0 spiro atoms. The molecule has 0 aliphatic carbocycles. The van der Waals surface area contributed by atoms with Crippen molar-refractivity contribution >= 4 is 11.6 Å². The fraction of sp³-hybridized carbons (Fsp3) is 0.450. The van der Waals surface area contributed by atoms with E-state index in [-0.39, 0.29) is 0 Å². The highest BCUT2D eigenvalue weighted by Crippen LogP contribution is 2.27. The molecule has 1 saturated heterocycles. The standard InChI is InChI=1S/C20H25N5O2/c1-26-13-17-12-19(25-20(23-17)21-14-22-25)24-8-6-15(7-9-24)10-16-4-3-5-18(11-16)27-2/h3-5,11-12,14-15H,6-10,13H2,1-2H3. The van der Waals surface area contributed by atoms with E-state index in [0.717, 1.165) is 49.6 Å². The van der Waals surface area contributed by atoms with Crippen molar-refractivity contribution in [2.75, 3.05) is 32.2 Å². The molecule has 7 heteroatoms. The summed E-state index contributed by atoms with van der Waals surface area (Å²) in [5.41, 5.74) is 2.23. The van der Waals surface area contributed by atoms with Crippen molar-refractivity contribution in [2.45, 2.75) is 25.9 Å². The number of anilines is 1. The molecule has 1 aliphatic heterocycles. The van der Waals surface area contributed by atoms with Gasteiger partial charge in [0.15, 0.2) is 0 Å². The van der Waals surface area contributed by atoms with Crippen molar-refractivity contribution in [2.24, 2.45) is 5.92 Å². The van der Waals surface area contributed by atoms with Crippen molar-refractivity contribution in [3.63, 3.8) is 0 Å². The van der Waals surface area contributed by atoms with Gasteiger partial charge in [0.05, 0.1) is 19.4 Å². The lowest BCUT2D eigenvalue weighted by atomic mass is 9.90. The van der Waals surface area contributed by atoms with Gasteiger partial charge in [0, 0.05) is 26.3 Å². The number of benzene rings is 1. The van der Waals surface area contributed by atoms with E-state index in [0.29, 0.717) is 18.3 Å². The predicted octanol–water partition coefficient (Wildman–Crippen LogP) is 2.74. The first-order chi connectivity index (χ1) is 13.3. The van der Waals surface area contributed by atoms with Gasteiger partial charge in [-0.3, -0.25) is 0 Å². The van der Waals surface area contributed by atoms with E-state index < -0.39 is 0 Å². The summed E-state index contributed by atoms with van der Waals surface area (Å²) >= 11 is 0. The highest BCUT2D eigenvalue weighted by molar-refractivity contribution is 5.47. The van der Waals surface area contributed by atoms with Crippen molar-refractivity contribution in [3.8, 4) is 5.75 Å². The van der Waals surface area contributed by atoms with Gasteiger partial charge < -0.3 is 14.4 Å². The average Bonchev–Trinajstić information content (AvgIpc) is 3.17. The third kappa shape index (κ3) is 3.88. The Hall–Kier alpha value is -2.67. The second kappa shape index (κ2) is 7.92. The van der Waals surface area contributed by atoms with Crippen LogP contribution in [0.5, 0.6) is 5.75 Å². The van der Waals surface area contributed by atoms with Crippen LogP contribution in [0.1, 0.15) is 24.1 Å². The third-order valence-electron chi connectivity index (χ3n) is 5.18. The quantitative estimate of drug-likeness (QED) is 0.667. The van der Waals surface area contributed by atoms with Gasteiger partial charge >= 0.3 is 0 Å². The summed E-state index contributed by atoms with van der Waals surface area (Å²) in [6, 6.07) is 10.5. The maximum absolute atomic E-state index is 5.34. The van der Waals surface area contributed by atoms with Gasteiger partial charge in [-0.25, -0.2) is 4.98 Å². The normalized spacial score (nSPS) is 15.4. The van der Waals surface area contributed by atoms with Crippen LogP contribution in [0.2, 0.25) is 0 Å². The van der Waals surface area contributed by atoms with E-state index in [1.807, 2.05) is 10.6 Å². The number of hydrogen-bond acceptors (Lipinski definition) is 6. The first-order valence-corrected chi connectivity index (χ1v) is 9.33. The van der Waals surface area contributed by atoms with E-state index >= 15 is 0 Å². The maximum Gasteiger partial charge on any atom is 0.254 e. The summed E-state index contributed by atoms with van der Waals surface area (Å²) in [4.78, 5) is 11.1. The molecule has 142 valence electrons. The van der Waals surface area contributed by atoms with Crippen molar-refractivity contribution in [1.82, 2.24) is 19.6 Å². The molecule has 7 nitrogen and oxygen atoms in total. The van der Waals surface area contributed by atoms with E-state index in [9.17, 15) is 0 Å². The number of hydrogen-bond donors (Lipinski definition) is 0. The Bertz CT molecular complexity index is 902. The zero-order valence-corrected chi connectivity index (χ0v) is 15.8. The van der Waals surface area contributed by atoms with Crippen molar-refractivity contribution in [3.05, 3.63) is 47.9 Å². The SMILES string of the molecule is COCc1cc(N2CCC(Cc3cccc(OC)c3)CC2)n2ncnc2n1. The van der Waals surface area contributed by atoms with Crippen LogP contribution in [0.4, 0.5) is 5.82 Å². The van der Waals surface area contributed by atoms with E-state index in [1.54, 1.807) is 20.5 Å². The summed E-state index contributed by atoms with van der Waals surface area (Å²) < 4.78 is 12.4. The van der Waals surface area contributed by atoms with Crippen molar-refractivity contribution < 1.29 is 9.47 Å². The molecule has 0 radical (unpaired) electrons. The number of fused-ring (bicyclic) bond motifs is 1. The molecular formula is C20H25N5O2. The first-order valence-electron chi connectivity index (χ1n) is 9.33. The minimum atomic E-state index is 0.475. The molecule has 4 rings (SSSR count). The van der Waals surface area contributed by atoms with Gasteiger partial charge in [-0.15, -0.1) is 0 Å². The fourth-order valence-electron chi connectivity index (χ4n) is 3.79. The monoisotopic (exact) mass is 367 g/mol. The second-order valence-corrected chi connectivity index (χ2v) is 7.00. The van der Waals surface area contributed by atoms with Crippen LogP contribution in [0.25, 0.3) is 5.78 Å². The smallest absolute Gasteiger partial charge is 0.254 e. The van der Waals surface area contributed by atoms with E-state index in [1.165, 1.54) is 5.56 Å². The lowest BCUT2D eigenvalue weighted by molar-refractivity contribution is 0.181. The molecule has 1 fully saturated rings. The summed E-state index contributed by atoms with van der Waals surface area (Å²) in [5, 5.41) is 4.35. The topological polar surface area (TPSA) is 64.8 Å². The van der Waals surface area contributed by atoms with Crippen LogP contribution in [-0.4, -0.2) is 46.9 Å². The van der Waals surface area contributed by atoms with Gasteiger partial charge in [-0.2, -0.15) is 14.6 Å². The lowest BCUT2D eigenvalue weighted by Crippen LogP contribution is -2.35. The Labute approximate surface area is 158 Å². The average molecular weight is 367 g/mol. The molecule has 0 saturated carbocycles. The number of aromatic nitrogens is 4. The Morgan fingerprint density at radius 1 is 1.15 bits per heavy atom. The Morgan fingerprint density at radius 2 is 2.00 bits per heavy atom. The summed E-state index contributed by atoms with van der Waals surface area (Å²) in [6.07, 6.45) is 4.94. The van der Waals surface area contributed by atoms with E-state index in [2.05, 4.69) is 44.2 Å². The van der Waals surface area contributed by atoms with Gasteiger partial charge in [-0.1, -0.05) is 12.1 Å². The van der Waals surface area contributed by atoms with Crippen LogP contribution in [0, 0.1) is 5.92 Å². The molecule has 0 unspecified atom stereocenters. The first kappa shape index (κ1) is 17.7. The van der Waals surface area contributed by atoms with Crippen LogP contribution in [-0.2, 0) is 17.8 Å². The van der Waals surface area contributed by atoms with Crippen LogP contribution >= 0.6 is 0 Å². The highest BCUT2D eigenvalue weighted by atomic mass is 16.5. The summed E-state index contributed by atoms with van der Waals surface area (Å²) in [6.45, 7) is 2.47. The Morgan fingerprint density at radius 3 is 2.78 bits per heavy atom. The number of ether oxygens (including phenoxy) is 2. The molecule has 1 aliphatic rings. The van der Waals surface area contributed by atoms with Crippen LogP contribution < -0.4 is 9.64 Å². The second-order valence-electron chi connectivity index (χ2n) is 7.00. The number of piperidine rings is 1.